The summed E-state index contributed by atoms with van der Waals surface area (Å²) in [5.74, 6) is -2.80. The Kier molecular flexibility index (Phi) is 38.5. The molecule has 0 aromatic carbocycles. The number of halogens is 6. The van der Waals surface area contributed by atoms with Crippen molar-refractivity contribution in [3.05, 3.63) is 36.2 Å². The third-order valence-electron chi connectivity index (χ3n) is 12.5. The maximum absolute atomic E-state index is 13.0. The number of anilines is 2. The van der Waals surface area contributed by atoms with Crippen molar-refractivity contribution < 1.29 is 137 Å². The van der Waals surface area contributed by atoms with E-state index < -0.39 is 97.0 Å². The van der Waals surface area contributed by atoms with Crippen molar-refractivity contribution in [2.24, 2.45) is 0 Å². The predicted molar refractivity (Wildman–Crippen MR) is 297 cm³/mol. The number of nitrogens with zero attached hydrogens (tertiary/aromatic N) is 4. The average Bonchev–Trinajstić information content (AvgIpc) is 1.03. The number of nitrogens with one attached hydrogen (secondary N) is 5. The maximum Gasteiger partial charge on any atom is 0.434 e. The van der Waals surface area contributed by atoms with E-state index in [-0.39, 0.29) is 215 Å². The molecule has 0 unspecified atom stereocenters. The van der Waals surface area contributed by atoms with Gasteiger partial charge in [0.25, 0.3) is 0 Å². The third kappa shape index (κ3) is 34.3. The molecule has 32 nitrogen and oxygen atoms in total. The van der Waals surface area contributed by atoms with Gasteiger partial charge < -0.3 is 118 Å². The minimum absolute atomic E-state index is 0.00285. The molecule has 0 saturated carbocycles. The van der Waals surface area contributed by atoms with Gasteiger partial charge in [-0.15, -0.1) is 0 Å². The van der Waals surface area contributed by atoms with Gasteiger partial charge in [-0.05, 0) is 0 Å². The normalized spacial score (nSPS) is 20.3. The SMILES string of the molecule is O=C(O)COCCOCC(=O)NC(COCCC(=O)NCCOCCOCCOCCOC[C@H]1OC[C@H](Nc2cncc(C(F)(F)F)n2)[C@@H](O)[C@H]1O)COCCC(=O)NCCOCCOCCOCCOC[C@H]1OC[C@H](Nc2cncc(C(F)(F)F)n2)[C@@H](O)[C@H]1O. The molecular weight excluding hydrogens is 1240 g/mol. The van der Waals surface area contributed by atoms with Crippen molar-refractivity contribution in [3.63, 3.8) is 0 Å². The van der Waals surface area contributed by atoms with Gasteiger partial charge in [-0.2, -0.15) is 26.3 Å². The van der Waals surface area contributed by atoms with Crippen LogP contribution in [0.2, 0.25) is 0 Å². The number of alkyl halides is 6. The Morgan fingerprint density at radius 1 is 0.473 bits per heavy atom. The molecule has 2 saturated heterocycles. The number of carboxylic acid groups (broad SMARTS) is 1. The standard InChI is InChI=1S/C53H83F6N9O23/c54-52(55,56)40-23-60-25-42(67-40)65-36-29-90-38(50(76)48(36)74)31-86-19-17-82-15-13-80-11-9-78-7-3-62-44(69)1-5-84-27-35(64-46(71)33-88-21-22-89-34-47(72)73)28-85-6-2-45(70)63-4-8-79-10-12-81-14-16-83-18-20-87-32-39-51(77)49(75)37(30-91-39)66-43-26-61-24-41(68-43)53(57,58)59/h23-26,35-39,48-51,74-77H,1-22,27-34H2,(H,62,69)(H,63,70)(H,64,71)(H,65,67)(H,66,68)(H,72,73)/t36-,37-,38+,39+,48+,49+,50-,51-/m0/s1. The molecule has 4 rings (SSSR count). The molecule has 0 aliphatic carbocycles. The van der Waals surface area contributed by atoms with E-state index in [2.05, 4.69) is 46.5 Å². The van der Waals surface area contributed by atoms with Gasteiger partial charge >= 0.3 is 18.3 Å². The molecule has 2 aromatic rings. The van der Waals surface area contributed by atoms with Crippen molar-refractivity contribution in [3.8, 4) is 0 Å². The lowest BCUT2D eigenvalue weighted by atomic mass is 9.98. The predicted octanol–water partition coefficient (Wildman–Crippen LogP) is -2.41. The Bertz CT molecular complexity index is 2200. The van der Waals surface area contributed by atoms with Crippen LogP contribution in [0.25, 0.3) is 0 Å². The Morgan fingerprint density at radius 2 is 0.835 bits per heavy atom. The highest BCUT2D eigenvalue weighted by atomic mass is 19.4. The van der Waals surface area contributed by atoms with Gasteiger partial charge in [-0.1, -0.05) is 0 Å². The molecule has 38 heteroatoms. The van der Waals surface area contributed by atoms with Crippen LogP contribution in [0.3, 0.4) is 0 Å². The highest BCUT2D eigenvalue weighted by Gasteiger charge is 2.41. The number of aliphatic hydroxyl groups excluding tert-OH is 4. The summed E-state index contributed by atoms with van der Waals surface area (Å²) in [6.45, 7) is 1.90. The summed E-state index contributed by atoms with van der Waals surface area (Å²) in [4.78, 5) is 61.9. The smallest absolute Gasteiger partial charge is 0.434 e. The number of rotatable bonds is 50. The fraction of sp³-hybridized carbons (Fsp3) is 0.774. The van der Waals surface area contributed by atoms with Crippen LogP contribution < -0.4 is 26.6 Å². The number of aliphatic carboxylic acids is 1. The van der Waals surface area contributed by atoms with Crippen molar-refractivity contribution in [1.29, 1.82) is 0 Å². The first-order valence-corrected chi connectivity index (χ1v) is 29.0. The molecule has 0 bridgehead atoms. The number of aromatic nitrogens is 4. The summed E-state index contributed by atoms with van der Waals surface area (Å²) in [6, 6.07) is -2.60. The fourth-order valence-electron chi connectivity index (χ4n) is 7.88. The molecule has 4 heterocycles. The van der Waals surface area contributed by atoms with Gasteiger partial charge in [0.2, 0.25) is 17.7 Å². The second-order valence-corrected chi connectivity index (χ2v) is 19.7. The lowest BCUT2D eigenvalue weighted by molar-refractivity contribution is -0.161. The first-order chi connectivity index (χ1) is 43.7. The zero-order valence-corrected chi connectivity index (χ0v) is 49.9. The van der Waals surface area contributed by atoms with Crippen molar-refractivity contribution in [2.45, 2.75) is 79.9 Å². The largest absolute Gasteiger partial charge is 0.480 e. The van der Waals surface area contributed by atoms with Gasteiger partial charge in [-0.25, -0.2) is 14.8 Å². The summed E-state index contributed by atoms with van der Waals surface area (Å²) >= 11 is 0. The van der Waals surface area contributed by atoms with Gasteiger partial charge in [-0.3, -0.25) is 24.4 Å². The van der Waals surface area contributed by atoms with E-state index in [4.69, 9.17) is 71.4 Å². The number of amides is 3. The Labute approximate surface area is 519 Å². The number of carbonyl (C=O) groups excluding carboxylic acids is 3. The summed E-state index contributed by atoms with van der Waals surface area (Å²) in [7, 11) is 0. The van der Waals surface area contributed by atoms with Gasteiger partial charge in [0.1, 0.15) is 61.5 Å². The average molecular weight is 1330 g/mol. The topological polar surface area (TPSA) is 410 Å². The van der Waals surface area contributed by atoms with Crippen LogP contribution in [0.4, 0.5) is 38.0 Å². The second-order valence-electron chi connectivity index (χ2n) is 19.7. The molecule has 10 N–H and O–H groups in total. The van der Waals surface area contributed by atoms with Crippen molar-refractivity contribution >= 4 is 35.3 Å². The van der Waals surface area contributed by atoms with Crippen LogP contribution in [0, 0.1) is 0 Å². The van der Waals surface area contributed by atoms with Gasteiger partial charge in [0, 0.05) is 25.9 Å². The first-order valence-electron chi connectivity index (χ1n) is 29.0. The van der Waals surface area contributed by atoms with Crippen molar-refractivity contribution in [2.75, 3.05) is 196 Å². The summed E-state index contributed by atoms with van der Waals surface area (Å²) < 4.78 is 154. The molecule has 2 aliphatic rings. The minimum Gasteiger partial charge on any atom is -0.480 e. The molecule has 0 radical (unpaired) electrons. The summed E-state index contributed by atoms with van der Waals surface area (Å²) in [5, 5.41) is 64.0. The van der Waals surface area contributed by atoms with Crippen LogP contribution in [0.15, 0.2) is 24.8 Å². The zero-order valence-electron chi connectivity index (χ0n) is 49.9. The molecule has 91 heavy (non-hydrogen) atoms. The Hall–Kier alpha value is -5.50. The quantitative estimate of drug-likeness (QED) is 0.0244. The molecule has 3 amide bonds. The van der Waals surface area contributed by atoms with E-state index in [0.29, 0.717) is 12.4 Å². The van der Waals surface area contributed by atoms with E-state index >= 15 is 0 Å². The first kappa shape index (κ1) is 77.9. The number of hydrogen-bond acceptors (Lipinski definition) is 28. The molecule has 2 aliphatic heterocycles. The van der Waals surface area contributed by atoms with Crippen molar-refractivity contribution in [1.82, 2.24) is 35.9 Å². The van der Waals surface area contributed by atoms with Crippen LogP contribution in [0.5, 0.6) is 0 Å². The van der Waals surface area contributed by atoms with Crippen LogP contribution in [-0.4, -0.2) is 309 Å². The molecule has 520 valence electrons. The molecule has 0 spiro atoms. The van der Waals surface area contributed by atoms with Crippen LogP contribution in [-0.2, 0) is 97.8 Å². The highest BCUT2D eigenvalue weighted by Crippen LogP contribution is 2.29. The number of carbonyl (C=O) groups is 4. The van der Waals surface area contributed by atoms with Crippen LogP contribution >= 0.6 is 0 Å². The third-order valence-corrected chi connectivity index (χ3v) is 12.5. The summed E-state index contributed by atoms with van der Waals surface area (Å²) in [5.41, 5.74) is -2.43. The fourth-order valence-corrected chi connectivity index (χ4v) is 7.88. The lowest BCUT2D eigenvalue weighted by Gasteiger charge is -2.38. The highest BCUT2D eigenvalue weighted by molar-refractivity contribution is 5.77. The van der Waals surface area contributed by atoms with Crippen LogP contribution in [0.1, 0.15) is 24.2 Å². The van der Waals surface area contributed by atoms with E-state index in [1.807, 2.05) is 0 Å². The minimum atomic E-state index is -4.71. The lowest BCUT2D eigenvalue weighted by Crippen LogP contribution is -2.57. The molecule has 2 fully saturated rings. The summed E-state index contributed by atoms with van der Waals surface area (Å²) in [6.07, 6.45) is -13.6. The molecular formula is C53H83F6N9O23. The monoisotopic (exact) mass is 1330 g/mol. The second kappa shape index (κ2) is 44.9. The van der Waals surface area contributed by atoms with E-state index in [9.17, 15) is 65.9 Å². The zero-order chi connectivity index (χ0) is 66.1. The van der Waals surface area contributed by atoms with E-state index in [1.54, 1.807) is 0 Å². The Morgan fingerprint density at radius 3 is 1.22 bits per heavy atom. The molecule has 2 aromatic heterocycles. The Balaban J connectivity index is 0.937. The number of aliphatic hydroxyl groups is 4. The maximum atomic E-state index is 13.0. The van der Waals surface area contributed by atoms with Gasteiger partial charge in [0.15, 0.2) is 11.4 Å². The van der Waals surface area contributed by atoms with Gasteiger partial charge in [0.05, 0.1) is 201 Å². The number of carboxylic acids is 1. The van der Waals surface area contributed by atoms with E-state index in [0.717, 1.165) is 12.4 Å². The van der Waals surface area contributed by atoms with E-state index in [1.165, 1.54) is 0 Å². The number of ether oxygens (including phenoxy) is 14. The molecule has 8 atom stereocenters. The number of hydrogen-bond donors (Lipinski definition) is 10.